The summed E-state index contributed by atoms with van der Waals surface area (Å²) in [5.74, 6) is -0.434. The summed E-state index contributed by atoms with van der Waals surface area (Å²) in [6.45, 7) is 4.59. The maximum atomic E-state index is 13.7. The summed E-state index contributed by atoms with van der Waals surface area (Å²) in [5, 5.41) is 5.84. The number of hydrogen-bond acceptors (Lipinski definition) is 5. The monoisotopic (exact) mass is 622 g/mol. The number of ether oxygens (including phenoxy) is 1. The average Bonchev–Trinajstić information content (AvgIpc) is 3.35. The molecule has 4 aromatic rings. The summed E-state index contributed by atoms with van der Waals surface area (Å²) in [7, 11) is 1.56. The standard InChI is InChI=1S/C37H39FN4O4/c1-3-32(27-8-5-4-6-9-27)37(45)42-21-7-20-41(22-23-42)34-19-16-30(40-35(43)28-12-17-31(46-2)18-13-28)24-33(34)36(44)39-25-26-10-14-29(38)15-11-26/h4-6,8-19,24,32H,3,7,20-23,25H2,1-2H3,(H,39,44)(H,40,43). The van der Waals surface area contributed by atoms with Crippen LogP contribution in [0.1, 0.15) is 57.5 Å². The number of halogens is 1. The highest BCUT2D eigenvalue weighted by atomic mass is 19.1. The molecule has 2 N–H and O–H groups in total. The molecular formula is C37H39FN4O4. The Morgan fingerprint density at radius 3 is 2.28 bits per heavy atom. The van der Waals surface area contributed by atoms with E-state index in [1.165, 1.54) is 12.1 Å². The minimum absolute atomic E-state index is 0.115. The molecule has 1 heterocycles. The summed E-state index contributed by atoms with van der Waals surface area (Å²) in [4.78, 5) is 44.4. The number of benzene rings is 4. The molecule has 0 bridgehead atoms. The third-order valence-electron chi connectivity index (χ3n) is 8.27. The largest absolute Gasteiger partial charge is 0.497 e. The first-order valence-electron chi connectivity index (χ1n) is 15.6. The quantitative estimate of drug-likeness (QED) is 0.218. The van der Waals surface area contributed by atoms with Crippen LogP contribution in [-0.2, 0) is 11.3 Å². The second kappa shape index (κ2) is 15.2. The molecule has 1 atom stereocenters. The Bertz CT molecular complexity index is 1640. The average molecular weight is 623 g/mol. The summed E-state index contributed by atoms with van der Waals surface area (Å²) >= 11 is 0. The molecular weight excluding hydrogens is 583 g/mol. The lowest BCUT2D eigenvalue weighted by Crippen LogP contribution is -2.38. The maximum absolute atomic E-state index is 13.7. The van der Waals surface area contributed by atoms with Gasteiger partial charge < -0.3 is 25.2 Å². The minimum Gasteiger partial charge on any atom is -0.497 e. The summed E-state index contributed by atoms with van der Waals surface area (Å²) in [6, 6.07) is 27.9. The minimum atomic E-state index is -0.347. The van der Waals surface area contributed by atoms with Gasteiger partial charge >= 0.3 is 0 Å². The van der Waals surface area contributed by atoms with Gasteiger partial charge in [-0.15, -0.1) is 0 Å². The lowest BCUT2D eigenvalue weighted by atomic mass is 9.95. The molecule has 1 aliphatic heterocycles. The van der Waals surface area contributed by atoms with Gasteiger partial charge in [-0.25, -0.2) is 4.39 Å². The highest BCUT2D eigenvalue weighted by molar-refractivity contribution is 6.06. The molecule has 0 aromatic heterocycles. The van der Waals surface area contributed by atoms with Crippen LogP contribution in [0.2, 0.25) is 0 Å². The third-order valence-corrected chi connectivity index (χ3v) is 8.27. The fraction of sp³-hybridized carbons (Fsp3) is 0.270. The Morgan fingerprint density at radius 1 is 0.848 bits per heavy atom. The number of anilines is 2. The van der Waals surface area contributed by atoms with Crippen molar-refractivity contribution < 1.29 is 23.5 Å². The highest BCUT2D eigenvalue weighted by Crippen LogP contribution is 2.28. The molecule has 9 heteroatoms. The Kier molecular flexibility index (Phi) is 10.7. The molecule has 0 saturated carbocycles. The summed E-state index contributed by atoms with van der Waals surface area (Å²) < 4.78 is 18.6. The van der Waals surface area contributed by atoms with Crippen LogP contribution in [0, 0.1) is 5.82 Å². The zero-order valence-electron chi connectivity index (χ0n) is 26.2. The van der Waals surface area contributed by atoms with Gasteiger partial charge in [0.2, 0.25) is 5.91 Å². The van der Waals surface area contributed by atoms with Crippen molar-refractivity contribution in [1.82, 2.24) is 10.2 Å². The molecule has 8 nitrogen and oxygen atoms in total. The van der Waals surface area contributed by atoms with Crippen LogP contribution in [0.5, 0.6) is 5.75 Å². The van der Waals surface area contributed by atoms with E-state index in [9.17, 15) is 18.8 Å². The first-order chi connectivity index (χ1) is 22.4. The van der Waals surface area contributed by atoms with E-state index >= 15 is 0 Å². The molecule has 5 rings (SSSR count). The molecule has 238 valence electrons. The van der Waals surface area contributed by atoms with Gasteiger partial charge in [0.15, 0.2) is 0 Å². The Hall–Kier alpha value is -5.18. The summed E-state index contributed by atoms with van der Waals surface area (Å²) in [5.41, 5.74) is 3.80. The number of carbonyl (C=O) groups is 3. The van der Waals surface area contributed by atoms with Gasteiger partial charge in [-0.1, -0.05) is 49.4 Å². The molecule has 0 radical (unpaired) electrons. The van der Waals surface area contributed by atoms with Gasteiger partial charge in [0.25, 0.3) is 11.8 Å². The Morgan fingerprint density at radius 2 is 1.59 bits per heavy atom. The normalized spacial score (nSPS) is 13.8. The molecule has 0 spiro atoms. The van der Waals surface area contributed by atoms with Crippen LogP contribution in [-0.4, -0.2) is 55.9 Å². The van der Waals surface area contributed by atoms with Crippen LogP contribution >= 0.6 is 0 Å². The van der Waals surface area contributed by atoms with E-state index in [0.717, 1.165) is 17.5 Å². The third kappa shape index (κ3) is 7.90. The first kappa shape index (κ1) is 32.2. The van der Waals surface area contributed by atoms with Crippen molar-refractivity contribution in [3.63, 3.8) is 0 Å². The molecule has 4 aromatic carbocycles. The van der Waals surface area contributed by atoms with Crippen molar-refractivity contribution in [2.45, 2.75) is 32.2 Å². The Labute approximate surface area is 269 Å². The number of nitrogens with zero attached hydrogens (tertiary/aromatic N) is 2. The van der Waals surface area contributed by atoms with Crippen LogP contribution in [0.3, 0.4) is 0 Å². The number of hydrogen-bond donors (Lipinski definition) is 2. The summed E-state index contributed by atoms with van der Waals surface area (Å²) in [6.07, 6.45) is 1.45. The van der Waals surface area contributed by atoms with E-state index in [2.05, 4.69) is 15.5 Å². The number of amides is 3. The van der Waals surface area contributed by atoms with Crippen molar-refractivity contribution in [2.75, 3.05) is 43.5 Å². The predicted octanol–water partition coefficient (Wildman–Crippen LogP) is 6.25. The van der Waals surface area contributed by atoms with Crippen molar-refractivity contribution in [2.24, 2.45) is 0 Å². The predicted molar refractivity (Wildman–Crippen MR) is 178 cm³/mol. The van der Waals surface area contributed by atoms with Crippen LogP contribution in [0.25, 0.3) is 0 Å². The zero-order chi connectivity index (χ0) is 32.5. The van der Waals surface area contributed by atoms with Crippen molar-refractivity contribution >= 4 is 29.1 Å². The van der Waals surface area contributed by atoms with E-state index in [-0.39, 0.29) is 36.0 Å². The number of nitrogens with one attached hydrogen (secondary N) is 2. The highest BCUT2D eigenvalue weighted by Gasteiger charge is 2.27. The second-order valence-corrected chi connectivity index (χ2v) is 11.3. The molecule has 1 unspecified atom stereocenters. The van der Waals surface area contributed by atoms with Crippen LogP contribution in [0.15, 0.2) is 97.1 Å². The van der Waals surface area contributed by atoms with E-state index in [0.29, 0.717) is 60.9 Å². The first-order valence-corrected chi connectivity index (χ1v) is 15.6. The topological polar surface area (TPSA) is 91.0 Å². The molecule has 0 aliphatic carbocycles. The molecule has 1 saturated heterocycles. The van der Waals surface area contributed by atoms with Gasteiger partial charge in [-0.05, 0) is 78.6 Å². The van der Waals surface area contributed by atoms with E-state index in [4.69, 9.17) is 4.74 Å². The smallest absolute Gasteiger partial charge is 0.255 e. The van der Waals surface area contributed by atoms with E-state index in [1.54, 1.807) is 55.6 Å². The lowest BCUT2D eigenvalue weighted by molar-refractivity contribution is -0.132. The number of methoxy groups -OCH3 is 1. The van der Waals surface area contributed by atoms with Crippen LogP contribution in [0.4, 0.5) is 15.8 Å². The molecule has 1 fully saturated rings. The number of carbonyl (C=O) groups excluding carboxylic acids is 3. The van der Waals surface area contributed by atoms with E-state index in [1.807, 2.05) is 48.2 Å². The molecule has 46 heavy (non-hydrogen) atoms. The fourth-order valence-corrected chi connectivity index (χ4v) is 5.73. The molecule has 3 amide bonds. The van der Waals surface area contributed by atoms with Gasteiger partial charge in [0, 0.05) is 49.7 Å². The van der Waals surface area contributed by atoms with E-state index < -0.39 is 0 Å². The fourth-order valence-electron chi connectivity index (χ4n) is 5.73. The lowest BCUT2D eigenvalue weighted by Gasteiger charge is -2.28. The van der Waals surface area contributed by atoms with Crippen molar-refractivity contribution in [1.29, 1.82) is 0 Å². The van der Waals surface area contributed by atoms with Crippen LogP contribution < -0.4 is 20.3 Å². The number of rotatable bonds is 10. The van der Waals surface area contributed by atoms with Gasteiger partial charge in [0.1, 0.15) is 11.6 Å². The SMILES string of the molecule is CCC(C(=O)N1CCCN(c2ccc(NC(=O)c3ccc(OC)cc3)cc2C(=O)NCc2ccc(F)cc2)CC1)c1ccccc1. The van der Waals surface area contributed by atoms with Gasteiger partial charge in [-0.2, -0.15) is 0 Å². The van der Waals surface area contributed by atoms with Gasteiger partial charge in [0.05, 0.1) is 18.6 Å². The molecule has 1 aliphatic rings. The Balaban J connectivity index is 1.35. The zero-order valence-corrected chi connectivity index (χ0v) is 26.2. The second-order valence-electron chi connectivity index (χ2n) is 11.3. The maximum Gasteiger partial charge on any atom is 0.255 e. The van der Waals surface area contributed by atoms with Crippen molar-refractivity contribution in [3.05, 3.63) is 125 Å². The van der Waals surface area contributed by atoms with Crippen molar-refractivity contribution in [3.8, 4) is 5.75 Å². The van der Waals surface area contributed by atoms with Gasteiger partial charge in [-0.3, -0.25) is 14.4 Å².